The van der Waals surface area contributed by atoms with Gasteiger partial charge in [0.15, 0.2) is 16.8 Å². The summed E-state index contributed by atoms with van der Waals surface area (Å²) in [5, 5.41) is 21.9. The molecule has 0 unspecified atom stereocenters. The fourth-order valence-corrected chi connectivity index (χ4v) is 3.81. The highest BCUT2D eigenvalue weighted by molar-refractivity contribution is 7.22. The fraction of sp³-hybridized carbons (Fsp3) is 0.318. The zero-order valence-electron chi connectivity index (χ0n) is 18.2. The second-order valence-corrected chi connectivity index (χ2v) is 7.81. The monoisotopic (exact) mass is 479 g/mol. The van der Waals surface area contributed by atoms with Crippen molar-refractivity contribution in [3.05, 3.63) is 60.8 Å². The number of pyridine rings is 1. The minimum atomic E-state index is -1.12. The Balaban J connectivity index is 0.000000236. The Bertz CT molecular complexity index is 1040. The van der Waals surface area contributed by atoms with E-state index in [1.54, 1.807) is 22.9 Å². The van der Waals surface area contributed by atoms with E-state index in [4.69, 9.17) is 5.11 Å². The molecule has 0 radical (unpaired) electrons. The SMILES string of the molecule is C=C.CNc1nc2cc(F)ccc2s1.O=CN1CCN(c2ncc([C@@H](O)CO)cc2F)CC1. The third-order valence-corrected chi connectivity index (χ3v) is 5.78. The van der Waals surface area contributed by atoms with Crippen molar-refractivity contribution in [2.45, 2.75) is 6.10 Å². The number of hydrogen-bond donors (Lipinski definition) is 3. The highest BCUT2D eigenvalue weighted by atomic mass is 32.1. The van der Waals surface area contributed by atoms with Crippen LogP contribution in [0.4, 0.5) is 19.7 Å². The zero-order chi connectivity index (χ0) is 24.4. The van der Waals surface area contributed by atoms with Crippen molar-refractivity contribution in [3.8, 4) is 0 Å². The van der Waals surface area contributed by atoms with Crippen LogP contribution >= 0.6 is 11.3 Å². The number of nitrogens with zero attached hydrogens (tertiary/aromatic N) is 4. The van der Waals surface area contributed by atoms with E-state index in [2.05, 4.69) is 28.4 Å². The fourth-order valence-electron chi connectivity index (χ4n) is 3.01. The van der Waals surface area contributed by atoms with Crippen molar-refractivity contribution in [2.24, 2.45) is 0 Å². The summed E-state index contributed by atoms with van der Waals surface area (Å²) in [4.78, 5) is 22.1. The molecule has 1 aliphatic rings. The maximum Gasteiger partial charge on any atom is 0.209 e. The van der Waals surface area contributed by atoms with Crippen molar-refractivity contribution in [3.63, 3.8) is 0 Å². The summed E-state index contributed by atoms with van der Waals surface area (Å²) in [5.74, 6) is -0.570. The summed E-state index contributed by atoms with van der Waals surface area (Å²) >= 11 is 1.52. The molecule has 0 spiro atoms. The number of aliphatic hydroxyl groups excluding tert-OH is 2. The normalized spacial score (nSPS) is 14.0. The largest absolute Gasteiger partial charge is 0.393 e. The van der Waals surface area contributed by atoms with Gasteiger partial charge in [0.1, 0.15) is 11.9 Å². The lowest BCUT2D eigenvalue weighted by atomic mass is 10.1. The second kappa shape index (κ2) is 12.8. The lowest BCUT2D eigenvalue weighted by molar-refractivity contribution is -0.118. The molecule has 0 saturated carbocycles. The number of hydrogen-bond acceptors (Lipinski definition) is 8. The second-order valence-electron chi connectivity index (χ2n) is 6.78. The summed E-state index contributed by atoms with van der Waals surface area (Å²) in [5.41, 5.74) is 0.958. The zero-order valence-corrected chi connectivity index (χ0v) is 19.1. The molecule has 2 aromatic heterocycles. The number of halogens is 2. The molecule has 1 aliphatic heterocycles. The maximum absolute atomic E-state index is 13.9. The van der Waals surface area contributed by atoms with Gasteiger partial charge >= 0.3 is 0 Å². The van der Waals surface area contributed by atoms with E-state index in [1.165, 1.54) is 35.7 Å². The number of anilines is 2. The van der Waals surface area contributed by atoms with Crippen molar-refractivity contribution in [1.82, 2.24) is 14.9 Å². The smallest absolute Gasteiger partial charge is 0.209 e. The Morgan fingerprint density at radius 3 is 2.52 bits per heavy atom. The summed E-state index contributed by atoms with van der Waals surface area (Å²) in [7, 11) is 1.80. The van der Waals surface area contributed by atoms with E-state index in [0.717, 1.165) is 16.2 Å². The van der Waals surface area contributed by atoms with Crippen molar-refractivity contribution < 1.29 is 23.8 Å². The summed E-state index contributed by atoms with van der Waals surface area (Å²) in [6.07, 6.45) is 1.01. The van der Waals surface area contributed by atoms with Gasteiger partial charge in [-0.15, -0.1) is 13.2 Å². The van der Waals surface area contributed by atoms with Crippen molar-refractivity contribution in [1.29, 1.82) is 0 Å². The standard InChI is InChI=1S/C12H16FN3O3.C8H7FN2S.C2H4/c13-10-5-9(11(19)7-17)6-14-12(10)16-3-1-15(8-18)2-4-16;1-10-8-11-6-4-5(9)2-3-7(6)12-8;1-2/h5-6,8,11,17,19H,1-4,7H2;2-4H,1H3,(H,10,11);1-2H2/t11-;;/m0../s1. The van der Waals surface area contributed by atoms with Crippen LogP contribution in [0, 0.1) is 11.6 Å². The number of thiazole rings is 1. The van der Waals surface area contributed by atoms with Crippen LogP contribution < -0.4 is 10.2 Å². The number of piperazine rings is 1. The van der Waals surface area contributed by atoms with Crippen LogP contribution in [0.25, 0.3) is 10.2 Å². The lowest BCUT2D eigenvalue weighted by Gasteiger charge is -2.33. The number of nitrogens with one attached hydrogen (secondary N) is 1. The lowest BCUT2D eigenvalue weighted by Crippen LogP contribution is -2.46. The number of aromatic nitrogens is 2. The van der Waals surface area contributed by atoms with Crippen molar-refractivity contribution >= 4 is 38.9 Å². The van der Waals surface area contributed by atoms with Gasteiger partial charge in [-0.2, -0.15) is 0 Å². The molecular formula is C22H27F2N5O3S. The van der Waals surface area contributed by atoms with E-state index < -0.39 is 18.5 Å². The molecule has 1 fully saturated rings. The average Bonchev–Trinajstić information content (AvgIpc) is 3.27. The molecule has 0 bridgehead atoms. The first-order valence-corrected chi connectivity index (χ1v) is 10.9. The summed E-state index contributed by atoms with van der Waals surface area (Å²) < 4.78 is 27.6. The van der Waals surface area contributed by atoms with Gasteiger partial charge in [-0.25, -0.2) is 18.7 Å². The Labute approximate surface area is 194 Å². The Morgan fingerprint density at radius 1 is 1.24 bits per heavy atom. The molecule has 3 aromatic rings. The van der Waals surface area contributed by atoms with Crippen molar-refractivity contribution in [2.75, 3.05) is 50.1 Å². The highest BCUT2D eigenvalue weighted by Crippen LogP contribution is 2.25. The third-order valence-electron chi connectivity index (χ3n) is 4.73. The molecule has 8 nitrogen and oxygen atoms in total. The average molecular weight is 480 g/mol. The number of aliphatic hydroxyl groups is 2. The number of benzene rings is 1. The predicted octanol–water partition coefficient (Wildman–Crippen LogP) is 2.80. The van der Waals surface area contributed by atoms with Crippen LogP contribution in [0.3, 0.4) is 0 Å². The van der Waals surface area contributed by atoms with Crippen LogP contribution in [0.1, 0.15) is 11.7 Å². The van der Waals surface area contributed by atoms with Gasteiger partial charge in [-0.05, 0) is 18.2 Å². The van der Waals surface area contributed by atoms with Crippen LogP contribution in [-0.4, -0.2) is 71.3 Å². The maximum atomic E-state index is 13.9. The minimum Gasteiger partial charge on any atom is -0.393 e. The van der Waals surface area contributed by atoms with Gasteiger partial charge in [0.2, 0.25) is 6.41 Å². The first kappa shape index (κ1) is 26.1. The molecule has 1 amide bonds. The Hall–Kier alpha value is -3.15. The first-order chi connectivity index (χ1) is 15.9. The number of carbonyl (C=O) groups is 1. The molecule has 0 aliphatic carbocycles. The van der Waals surface area contributed by atoms with E-state index in [0.29, 0.717) is 31.7 Å². The van der Waals surface area contributed by atoms with Crippen LogP contribution in [0.2, 0.25) is 0 Å². The van der Waals surface area contributed by atoms with E-state index in [9.17, 15) is 18.7 Å². The quantitative estimate of drug-likeness (QED) is 0.382. The first-order valence-electron chi connectivity index (χ1n) is 10.1. The van der Waals surface area contributed by atoms with Gasteiger partial charge in [0.25, 0.3) is 0 Å². The Morgan fingerprint density at radius 2 is 1.94 bits per heavy atom. The number of carbonyl (C=O) groups excluding carboxylic acids is 1. The molecule has 178 valence electrons. The molecule has 3 N–H and O–H groups in total. The summed E-state index contributed by atoms with van der Waals surface area (Å²) in [6, 6.07) is 5.80. The van der Waals surface area contributed by atoms with Gasteiger partial charge in [-0.3, -0.25) is 4.79 Å². The molecule has 4 rings (SSSR count). The number of fused-ring (bicyclic) bond motifs is 1. The molecule has 1 saturated heterocycles. The van der Waals surface area contributed by atoms with Crippen LogP contribution in [-0.2, 0) is 4.79 Å². The van der Waals surface area contributed by atoms with Crippen LogP contribution in [0.5, 0.6) is 0 Å². The third kappa shape index (κ3) is 6.91. The molecular weight excluding hydrogens is 452 g/mol. The van der Waals surface area contributed by atoms with Gasteiger partial charge < -0.3 is 25.3 Å². The molecule has 1 aromatic carbocycles. The summed E-state index contributed by atoms with van der Waals surface area (Å²) in [6.45, 7) is 7.63. The number of amides is 1. The molecule has 3 heterocycles. The van der Waals surface area contributed by atoms with E-state index >= 15 is 0 Å². The Kier molecular flexibility index (Phi) is 10.1. The van der Waals surface area contributed by atoms with Gasteiger partial charge in [0, 0.05) is 51.1 Å². The minimum absolute atomic E-state index is 0.208. The molecule has 1 atom stereocenters. The van der Waals surface area contributed by atoms with Gasteiger partial charge in [0.05, 0.1) is 16.8 Å². The molecule has 11 heteroatoms. The van der Waals surface area contributed by atoms with Gasteiger partial charge in [-0.1, -0.05) is 11.3 Å². The van der Waals surface area contributed by atoms with E-state index in [-0.39, 0.29) is 17.2 Å². The number of rotatable bonds is 5. The van der Waals surface area contributed by atoms with Crippen LogP contribution in [0.15, 0.2) is 43.6 Å². The van der Waals surface area contributed by atoms with E-state index in [1.807, 2.05) is 0 Å². The predicted molar refractivity (Wildman–Crippen MR) is 126 cm³/mol. The topological polar surface area (TPSA) is 102 Å². The molecule has 33 heavy (non-hydrogen) atoms. The highest BCUT2D eigenvalue weighted by Gasteiger charge is 2.20.